The van der Waals surface area contributed by atoms with Crippen LogP contribution in [0.5, 0.6) is 0 Å². The largest absolute Gasteiger partial charge is 0.411 e. The number of aromatic nitrogens is 2. The van der Waals surface area contributed by atoms with Crippen LogP contribution in [0.3, 0.4) is 0 Å². The minimum Gasteiger partial charge on any atom is -0.372 e. The van der Waals surface area contributed by atoms with Gasteiger partial charge in [0.1, 0.15) is 17.1 Å². The summed E-state index contributed by atoms with van der Waals surface area (Å²) in [4.78, 5) is 6.64. The maximum atomic E-state index is 11.7. The number of hydrogen-bond acceptors (Lipinski definition) is 3. The molecule has 0 fully saturated rings. The fraction of sp³-hybridized carbons (Fsp3) is 0.500. The van der Waals surface area contributed by atoms with E-state index >= 15 is 0 Å². The maximum Gasteiger partial charge on any atom is 0.411 e. The fourth-order valence-electron chi connectivity index (χ4n) is 0.895. The lowest BCUT2D eigenvalue weighted by atomic mass is 10.4. The Balaban J connectivity index is 2.29. The normalized spacial score (nSPS) is 11.7. The summed E-state index contributed by atoms with van der Waals surface area (Å²) >= 11 is 4.82. The number of H-pyrrole nitrogens is 1. The second-order valence-corrected chi connectivity index (χ2v) is 3.24. The third kappa shape index (κ3) is 5.48. The van der Waals surface area contributed by atoms with Gasteiger partial charge in [-0.15, -0.1) is 0 Å². The predicted molar refractivity (Wildman–Crippen MR) is 50.0 cm³/mol. The summed E-state index contributed by atoms with van der Waals surface area (Å²) in [5.41, 5.74) is 0. The molecule has 0 aromatic carbocycles. The minimum atomic E-state index is -4.28. The Kier molecular flexibility index (Phi) is 4.22. The third-order valence-electron chi connectivity index (χ3n) is 1.47. The highest BCUT2D eigenvalue weighted by atomic mass is 32.1. The molecular formula is C8H9F3N2OS. The molecule has 1 rings (SSSR count). The monoisotopic (exact) mass is 238 g/mol. The number of nitrogens with one attached hydrogen (secondary N) is 1. The molecule has 7 heteroatoms. The van der Waals surface area contributed by atoms with Gasteiger partial charge >= 0.3 is 6.18 Å². The molecular weight excluding hydrogens is 229 g/mol. The molecule has 0 bridgehead atoms. The van der Waals surface area contributed by atoms with E-state index in [4.69, 9.17) is 12.2 Å². The number of aromatic amines is 1. The second kappa shape index (κ2) is 5.22. The van der Waals surface area contributed by atoms with Gasteiger partial charge in [-0.05, 0) is 6.07 Å². The zero-order valence-corrected chi connectivity index (χ0v) is 8.49. The van der Waals surface area contributed by atoms with Crippen molar-refractivity contribution in [1.29, 1.82) is 0 Å². The molecule has 0 saturated heterocycles. The molecule has 0 amide bonds. The van der Waals surface area contributed by atoms with Gasteiger partial charge in [-0.1, -0.05) is 12.2 Å². The van der Waals surface area contributed by atoms with Gasteiger partial charge in [0.2, 0.25) is 0 Å². The van der Waals surface area contributed by atoms with Crippen LogP contribution in [0.15, 0.2) is 12.3 Å². The second-order valence-electron chi connectivity index (χ2n) is 2.80. The van der Waals surface area contributed by atoms with Crippen LogP contribution in [-0.4, -0.2) is 29.4 Å². The van der Waals surface area contributed by atoms with Crippen molar-refractivity contribution in [1.82, 2.24) is 9.97 Å². The smallest absolute Gasteiger partial charge is 0.372 e. The number of halogens is 3. The van der Waals surface area contributed by atoms with Crippen molar-refractivity contribution < 1.29 is 17.9 Å². The van der Waals surface area contributed by atoms with Crippen LogP contribution in [0.1, 0.15) is 5.82 Å². The molecule has 1 aromatic rings. The average molecular weight is 238 g/mol. The highest BCUT2D eigenvalue weighted by Gasteiger charge is 2.27. The van der Waals surface area contributed by atoms with Crippen molar-refractivity contribution >= 4 is 12.2 Å². The summed E-state index contributed by atoms with van der Waals surface area (Å²) in [6, 6.07) is 1.59. The van der Waals surface area contributed by atoms with Crippen LogP contribution in [0.25, 0.3) is 0 Å². The molecule has 0 saturated carbocycles. The van der Waals surface area contributed by atoms with E-state index in [1.54, 1.807) is 6.07 Å². The summed E-state index contributed by atoms with van der Waals surface area (Å²) in [5.74, 6) is 0.518. The van der Waals surface area contributed by atoms with Crippen LogP contribution >= 0.6 is 12.2 Å². The summed E-state index contributed by atoms with van der Waals surface area (Å²) in [5, 5.41) is 0. The third-order valence-corrected chi connectivity index (χ3v) is 1.71. The minimum absolute atomic E-state index is 0.0399. The van der Waals surface area contributed by atoms with Gasteiger partial charge in [0.05, 0.1) is 6.61 Å². The van der Waals surface area contributed by atoms with Crippen molar-refractivity contribution in [3.8, 4) is 0 Å². The molecule has 15 heavy (non-hydrogen) atoms. The molecule has 0 aliphatic heterocycles. The highest BCUT2D eigenvalue weighted by Crippen LogP contribution is 2.14. The van der Waals surface area contributed by atoms with E-state index in [1.165, 1.54) is 6.20 Å². The van der Waals surface area contributed by atoms with E-state index in [9.17, 15) is 13.2 Å². The zero-order valence-electron chi connectivity index (χ0n) is 7.67. The van der Waals surface area contributed by atoms with Gasteiger partial charge in [0, 0.05) is 12.6 Å². The fourth-order valence-corrected chi connectivity index (χ4v) is 1.07. The first-order valence-electron chi connectivity index (χ1n) is 4.16. The number of ether oxygens (including phenoxy) is 1. The Morgan fingerprint density at radius 2 is 2.20 bits per heavy atom. The Morgan fingerprint density at radius 3 is 2.80 bits per heavy atom. The highest BCUT2D eigenvalue weighted by molar-refractivity contribution is 7.71. The average Bonchev–Trinajstić information content (AvgIpc) is 2.11. The van der Waals surface area contributed by atoms with Crippen molar-refractivity contribution in [2.24, 2.45) is 0 Å². The van der Waals surface area contributed by atoms with Crippen molar-refractivity contribution in [3.05, 3.63) is 22.7 Å². The van der Waals surface area contributed by atoms with Crippen molar-refractivity contribution in [2.45, 2.75) is 12.6 Å². The predicted octanol–water partition coefficient (Wildman–Crippen LogP) is 2.26. The molecule has 0 aliphatic rings. The lowest BCUT2D eigenvalue weighted by molar-refractivity contribution is -0.173. The number of hydrogen-bond donors (Lipinski definition) is 1. The zero-order chi connectivity index (χ0) is 11.3. The molecule has 0 aliphatic carbocycles. The number of rotatable bonds is 4. The Labute approximate surface area is 89.3 Å². The van der Waals surface area contributed by atoms with Gasteiger partial charge < -0.3 is 9.72 Å². The summed E-state index contributed by atoms with van der Waals surface area (Å²) in [7, 11) is 0. The molecule has 1 heterocycles. The Morgan fingerprint density at radius 1 is 1.47 bits per heavy atom. The SMILES string of the molecule is FC(F)(F)COCCc1nccc(=S)[nH]1. The Hall–Kier alpha value is -0.950. The molecule has 0 atom stereocenters. The van der Waals surface area contributed by atoms with Crippen LogP contribution in [0.4, 0.5) is 13.2 Å². The van der Waals surface area contributed by atoms with Gasteiger partial charge in [-0.3, -0.25) is 0 Å². The van der Waals surface area contributed by atoms with E-state index in [2.05, 4.69) is 14.7 Å². The van der Waals surface area contributed by atoms with Gasteiger partial charge in [-0.25, -0.2) is 4.98 Å². The first-order chi connectivity index (χ1) is 6.97. The topological polar surface area (TPSA) is 37.9 Å². The van der Waals surface area contributed by atoms with Crippen LogP contribution in [-0.2, 0) is 11.2 Å². The molecule has 84 valence electrons. The van der Waals surface area contributed by atoms with Crippen LogP contribution in [0, 0.1) is 4.64 Å². The standard InChI is InChI=1S/C8H9F3N2OS/c9-8(10,11)5-14-4-2-6-12-3-1-7(15)13-6/h1,3H,2,4-5H2,(H,12,13,15). The van der Waals surface area contributed by atoms with Crippen LogP contribution in [0.2, 0.25) is 0 Å². The number of nitrogens with zero attached hydrogens (tertiary/aromatic N) is 1. The molecule has 3 nitrogen and oxygen atoms in total. The number of alkyl halides is 3. The maximum absolute atomic E-state index is 11.7. The lowest BCUT2D eigenvalue weighted by Crippen LogP contribution is -2.18. The summed E-state index contributed by atoms with van der Waals surface area (Å²) < 4.78 is 40.0. The summed E-state index contributed by atoms with van der Waals surface area (Å²) in [6.45, 7) is -1.28. The van der Waals surface area contributed by atoms with E-state index in [1.807, 2.05) is 0 Å². The molecule has 1 N–H and O–H groups in total. The molecule has 0 spiro atoms. The van der Waals surface area contributed by atoms with E-state index < -0.39 is 12.8 Å². The first kappa shape index (κ1) is 12.1. The summed E-state index contributed by atoms with van der Waals surface area (Å²) in [6.07, 6.45) is -2.50. The first-order valence-corrected chi connectivity index (χ1v) is 4.57. The lowest BCUT2D eigenvalue weighted by Gasteiger charge is -2.06. The van der Waals surface area contributed by atoms with Gasteiger partial charge in [0.15, 0.2) is 0 Å². The van der Waals surface area contributed by atoms with Gasteiger partial charge in [0.25, 0.3) is 0 Å². The molecule has 1 aromatic heterocycles. The van der Waals surface area contributed by atoms with Crippen molar-refractivity contribution in [3.63, 3.8) is 0 Å². The van der Waals surface area contributed by atoms with E-state index in [0.717, 1.165) is 0 Å². The molecule has 0 unspecified atom stereocenters. The van der Waals surface area contributed by atoms with E-state index in [-0.39, 0.29) is 13.0 Å². The van der Waals surface area contributed by atoms with Crippen molar-refractivity contribution in [2.75, 3.05) is 13.2 Å². The molecule has 0 radical (unpaired) electrons. The van der Waals surface area contributed by atoms with E-state index in [0.29, 0.717) is 10.5 Å². The quantitative estimate of drug-likeness (QED) is 0.646. The Bertz CT molecular complexity index is 363. The van der Waals surface area contributed by atoms with Crippen LogP contribution < -0.4 is 0 Å². The van der Waals surface area contributed by atoms with Gasteiger partial charge in [-0.2, -0.15) is 13.2 Å².